The van der Waals surface area contributed by atoms with Crippen molar-refractivity contribution in [1.82, 2.24) is 14.6 Å². The minimum atomic E-state index is -0.289. The molecule has 2 aromatic carbocycles. The van der Waals surface area contributed by atoms with Gasteiger partial charge in [-0.15, -0.1) is 0 Å². The SMILES string of the molecule is Fc1ccccc1-c1cc2nc(NCc3ccccc3)ccn2n1. The van der Waals surface area contributed by atoms with Gasteiger partial charge in [-0.3, -0.25) is 0 Å². The maximum atomic E-state index is 13.9. The van der Waals surface area contributed by atoms with Crippen molar-refractivity contribution in [3.63, 3.8) is 0 Å². The fourth-order valence-corrected chi connectivity index (χ4v) is 2.57. The third-order valence-electron chi connectivity index (χ3n) is 3.79. The van der Waals surface area contributed by atoms with E-state index in [-0.39, 0.29) is 5.82 Å². The predicted molar refractivity (Wildman–Crippen MR) is 92.1 cm³/mol. The molecule has 0 amide bonds. The van der Waals surface area contributed by atoms with Gasteiger partial charge in [-0.05, 0) is 23.8 Å². The largest absolute Gasteiger partial charge is 0.366 e. The van der Waals surface area contributed by atoms with Crippen LogP contribution < -0.4 is 5.32 Å². The summed E-state index contributed by atoms with van der Waals surface area (Å²) in [7, 11) is 0. The fourth-order valence-electron chi connectivity index (χ4n) is 2.57. The number of rotatable bonds is 4. The van der Waals surface area contributed by atoms with E-state index in [9.17, 15) is 4.39 Å². The van der Waals surface area contributed by atoms with Gasteiger partial charge >= 0.3 is 0 Å². The number of benzene rings is 2. The lowest BCUT2D eigenvalue weighted by Gasteiger charge is -2.05. The van der Waals surface area contributed by atoms with Gasteiger partial charge in [-0.1, -0.05) is 42.5 Å². The maximum absolute atomic E-state index is 13.9. The highest BCUT2D eigenvalue weighted by Gasteiger charge is 2.09. The molecule has 24 heavy (non-hydrogen) atoms. The molecule has 0 unspecified atom stereocenters. The maximum Gasteiger partial charge on any atom is 0.157 e. The van der Waals surface area contributed by atoms with Gasteiger partial charge in [0.2, 0.25) is 0 Å². The molecule has 0 saturated carbocycles. The van der Waals surface area contributed by atoms with Crippen LogP contribution in [-0.2, 0) is 6.54 Å². The Morgan fingerprint density at radius 3 is 2.58 bits per heavy atom. The molecule has 4 rings (SSSR count). The molecule has 0 aliphatic rings. The van der Waals surface area contributed by atoms with E-state index in [2.05, 4.69) is 27.5 Å². The number of halogens is 1. The van der Waals surface area contributed by atoms with Gasteiger partial charge < -0.3 is 5.32 Å². The van der Waals surface area contributed by atoms with Crippen molar-refractivity contribution >= 4 is 11.5 Å². The molecule has 0 fully saturated rings. The molecule has 0 spiro atoms. The van der Waals surface area contributed by atoms with Gasteiger partial charge in [0, 0.05) is 24.4 Å². The van der Waals surface area contributed by atoms with Crippen LogP contribution in [0.3, 0.4) is 0 Å². The highest BCUT2D eigenvalue weighted by atomic mass is 19.1. The molecule has 4 nitrogen and oxygen atoms in total. The molecule has 4 aromatic rings. The Morgan fingerprint density at radius 2 is 1.75 bits per heavy atom. The summed E-state index contributed by atoms with van der Waals surface area (Å²) < 4.78 is 15.6. The molecule has 0 radical (unpaired) electrons. The third-order valence-corrected chi connectivity index (χ3v) is 3.79. The summed E-state index contributed by atoms with van der Waals surface area (Å²) in [5.74, 6) is 0.467. The molecule has 0 aliphatic carbocycles. The number of nitrogens with zero attached hydrogens (tertiary/aromatic N) is 3. The van der Waals surface area contributed by atoms with Crippen LogP contribution >= 0.6 is 0 Å². The summed E-state index contributed by atoms with van der Waals surface area (Å²) in [5, 5.41) is 7.68. The Bertz CT molecular complexity index is 979. The molecule has 1 N–H and O–H groups in total. The first kappa shape index (κ1) is 14.4. The Morgan fingerprint density at radius 1 is 0.958 bits per heavy atom. The van der Waals surface area contributed by atoms with Crippen molar-refractivity contribution < 1.29 is 4.39 Å². The third kappa shape index (κ3) is 2.84. The molecule has 0 bridgehead atoms. The van der Waals surface area contributed by atoms with Gasteiger partial charge in [0.15, 0.2) is 5.65 Å². The van der Waals surface area contributed by atoms with Gasteiger partial charge in [0.25, 0.3) is 0 Å². The Balaban J connectivity index is 1.61. The Hall–Kier alpha value is -3.21. The minimum absolute atomic E-state index is 0.289. The number of hydrogen-bond donors (Lipinski definition) is 1. The first-order valence-corrected chi connectivity index (χ1v) is 7.69. The van der Waals surface area contributed by atoms with Crippen molar-refractivity contribution in [2.24, 2.45) is 0 Å². The lowest BCUT2D eigenvalue weighted by Crippen LogP contribution is -2.02. The average Bonchev–Trinajstić information content (AvgIpc) is 3.04. The van der Waals surface area contributed by atoms with Crippen LogP contribution in [0.1, 0.15) is 5.56 Å². The van der Waals surface area contributed by atoms with Crippen molar-refractivity contribution in [1.29, 1.82) is 0 Å². The zero-order valence-corrected chi connectivity index (χ0v) is 12.9. The molecule has 5 heteroatoms. The van der Waals surface area contributed by atoms with E-state index in [0.29, 0.717) is 23.4 Å². The highest BCUT2D eigenvalue weighted by Crippen LogP contribution is 2.22. The van der Waals surface area contributed by atoms with Gasteiger partial charge in [-0.2, -0.15) is 5.10 Å². The molecule has 0 saturated heterocycles. The standard InChI is InChI=1S/C19H15FN4/c20-16-9-5-4-8-15(16)17-12-19-22-18(10-11-24(19)23-17)21-13-14-6-2-1-3-7-14/h1-12H,13H2,(H,21,22). The average molecular weight is 318 g/mol. The van der Waals surface area contributed by atoms with Crippen LogP contribution in [0.4, 0.5) is 10.2 Å². The molecule has 0 atom stereocenters. The summed E-state index contributed by atoms with van der Waals surface area (Å²) in [6, 6.07) is 20.4. The van der Waals surface area contributed by atoms with Crippen LogP contribution in [0.25, 0.3) is 16.9 Å². The summed E-state index contributed by atoms with van der Waals surface area (Å²) in [4.78, 5) is 4.53. The normalized spacial score (nSPS) is 10.9. The van der Waals surface area contributed by atoms with E-state index in [1.165, 1.54) is 11.6 Å². The second-order valence-corrected chi connectivity index (χ2v) is 5.46. The van der Waals surface area contributed by atoms with E-state index in [1.54, 1.807) is 28.8 Å². The predicted octanol–water partition coefficient (Wildman–Crippen LogP) is 4.15. The second kappa shape index (κ2) is 6.12. The van der Waals surface area contributed by atoms with E-state index in [1.807, 2.05) is 30.5 Å². The van der Waals surface area contributed by atoms with Gasteiger partial charge in [0.05, 0.1) is 5.69 Å². The van der Waals surface area contributed by atoms with E-state index in [0.717, 1.165) is 5.82 Å². The number of hydrogen-bond acceptors (Lipinski definition) is 3. The second-order valence-electron chi connectivity index (χ2n) is 5.46. The lowest BCUT2D eigenvalue weighted by atomic mass is 10.1. The summed E-state index contributed by atoms with van der Waals surface area (Å²) in [6.45, 7) is 0.693. The van der Waals surface area contributed by atoms with Gasteiger partial charge in [0.1, 0.15) is 11.6 Å². The van der Waals surface area contributed by atoms with E-state index in [4.69, 9.17) is 0 Å². The number of fused-ring (bicyclic) bond motifs is 1. The van der Waals surface area contributed by atoms with Crippen LogP contribution in [0, 0.1) is 5.82 Å². The zero-order valence-electron chi connectivity index (χ0n) is 12.9. The number of aromatic nitrogens is 3. The topological polar surface area (TPSA) is 42.2 Å². The first-order chi connectivity index (χ1) is 11.8. The van der Waals surface area contributed by atoms with Crippen molar-refractivity contribution in [2.45, 2.75) is 6.54 Å². The van der Waals surface area contributed by atoms with Crippen molar-refractivity contribution in [3.05, 3.63) is 84.3 Å². The molecule has 118 valence electrons. The van der Waals surface area contributed by atoms with Crippen LogP contribution in [0.15, 0.2) is 72.9 Å². The molecule has 0 aliphatic heterocycles. The fraction of sp³-hybridized carbons (Fsp3) is 0.0526. The van der Waals surface area contributed by atoms with Crippen molar-refractivity contribution in [2.75, 3.05) is 5.32 Å². The Labute approximate surface area is 138 Å². The van der Waals surface area contributed by atoms with Gasteiger partial charge in [-0.25, -0.2) is 13.9 Å². The van der Waals surface area contributed by atoms with Crippen LogP contribution in [-0.4, -0.2) is 14.6 Å². The minimum Gasteiger partial charge on any atom is -0.366 e. The smallest absolute Gasteiger partial charge is 0.157 e. The molecular weight excluding hydrogens is 303 g/mol. The van der Waals surface area contributed by atoms with Crippen LogP contribution in [0.5, 0.6) is 0 Å². The van der Waals surface area contributed by atoms with E-state index >= 15 is 0 Å². The highest BCUT2D eigenvalue weighted by molar-refractivity contribution is 5.65. The first-order valence-electron chi connectivity index (χ1n) is 7.69. The molecular formula is C19H15FN4. The van der Waals surface area contributed by atoms with Crippen molar-refractivity contribution in [3.8, 4) is 11.3 Å². The lowest BCUT2D eigenvalue weighted by molar-refractivity contribution is 0.630. The summed E-state index contributed by atoms with van der Waals surface area (Å²) >= 11 is 0. The van der Waals surface area contributed by atoms with E-state index < -0.39 is 0 Å². The number of nitrogens with one attached hydrogen (secondary N) is 1. The quantitative estimate of drug-likeness (QED) is 0.615. The Kier molecular flexibility index (Phi) is 3.67. The number of anilines is 1. The summed E-state index contributed by atoms with van der Waals surface area (Å²) in [5.41, 5.74) is 2.90. The van der Waals surface area contributed by atoms with Crippen LogP contribution in [0.2, 0.25) is 0 Å². The molecule has 2 heterocycles. The molecule has 2 aromatic heterocycles. The summed E-state index contributed by atoms with van der Waals surface area (Å²) in [6.07, 6.45) is 1.82. The zero-order chi connectivity index (χ0) is 16.4. The monoisotopic (exact) mass is 318 g/mol.